The van der Waals surface area contributed by atoms with E-state index in [0.29, 0.717) is 5.41 Å². The minimum absolute atomic E-state index is 0.502. The molecule has 0 aromatic carbocycles. The average Bonchev–Trinajstić information content (AvgIpc) is 2.59. The van der Waals surface area contributed by atoms with Gasteiger partial charge < -0.3 is 0 Å². The van der Waals surface area contributed by atoms with Crippen LogP contribution in [0.2, 0.25) is 0 Å². The number of allylic oxidation sites excluding steroid dienone is 4. The van der Waals surface area contributed by atoms with Gasteiger partial charge in [0.05, 0.1) is 0 Å². The third kappa shape index (κ3) is 1.57. The number of hydrogen-bond donors (Lipinski definition) is 0. The first-order chi connectivity index (χ1) is 6.02. The van der Waals surface area contributed by atoms with Gasteiger partial charge in [-0.2, -0.15) is 0 Å². The molecule has 2 aliphatic carbocycles. The molecule has 0 aliphatic heterocycles. The van der Waals surface area contributed by atoms with Crippen LogP contribution in [0, 0.1) is 11.3 Å². The molecular formula is C12H17Cl. The summed E-state index contributed by atoms with van der Waals surface area (Å²) in [5.74, 6) is 0.733. The van der Waals surface area contributed by atoms with Gasteiger partial charge in [0.2, 0.25) is 0 Å². The molecule has 2 aliphatic rings. The van der Waals surface area contributed by atoms with E-state index in [1.165, 1.54) is 24.0 Å². The van der Waals surface area contributed by atoms with Crippen molar-refractivity contribution in [3.05, 3.63) is 22.3 Å². The molecule has 1 saturated carbocycles. The van der Waals surface area contributed by atoms with Crippen LogP contribution in [-0.4, -0.2) is 0 Å². The fourth-order valence-corrected chi connectivity index (χ4v) is 2.69. The molecule has 0 bridgehead atoms. The van der Waals surface area contributed by atoms with Crippen LogP contribution in [0.5, 0.6) is 0 Å². The first-order valence-corrected chi connectivity index (χ1v) is 5.46. The Morgan fingerprint density at radius 1 is 1.46 bits per heavy atom. The molecule has 0 spiro atoms. The van der Waals surface area contributed by atoms with Gasteiger partial charge in [0.1, 0.15) is 0 Å². The summed E-state index contributed by atoms with van der Waals surface area (Å²) in [4.78, 5) is 0. The van der Waals surface area contributed by atoms with Crippen LogP contribution in [0.25, 0.3) is 0 Å². The van der Waals surface area contributed by atoms with Crippen molar-refractivity contribution in [3.63, 3.8) is 0 Å². The molecule has 1 fully saturated rings. The zero-order chi connectivity index (χ0) is 9.64. The fraction of sp³-hybridized carbons (Fsp3) is 0.667. The first-order valence-electron chi connectivity index (χ1n) is 5.08. The Balaban J connectivity index is 2.27. The number of hydrogen-bond acceptors (Lipinski definition) is 0. The summed E-state index contributed by atoms with van der Waals surface area (Å²) in [6.07, 6.45) is 5.82. The van der Waals surface area contributed by atoms with Crippen LogP contribution in [0.4, 0.5) is 0 Å². The van der Waals surface area contributed by atoms with E-state index in [-0.39, 0.29) is 0 Å². The van der Waals surface area contributed by atoms with Crippen molar-refractivity contribution in [1.82, 2.24) is 0 Å². The van der Waals surface area contributed by atoms with Gasteiger partial charge in [-0.3, -0.25) is 0 Å². The summed E-state index contributed by atoms with van der Waals surface area (Å²) in [7, 11) is 0. The standard InChI is InChI=1S/C12H17Cl/c1-8-5-4-6-10(13)11(8)9-7-12(9,2)3/h6,9H,4-5,7H2,1-3H3/t9-/m0/s1. The topological polar surface area (TPSA) is 0 Å². The van der Waals surface area contributed by atoms with E-state index in [9.17, 15) is 0 Å². The maximum atomic E-state index is 6.24. The Morgan fingerprint density at radius 3 is 2.54 bits per heavy atom. The van der Waals surface area contributed by atoms with Gasteiger partial charge in [-0.15, -0.1) is 0 Å². The van der Waals surface area contributed by atoms with E-state index in [1.807, 2.05) is 0 Å². The summed E-state index contributed by atoms with van der Waals surface area (Å²) in [6, 6.07) is 0. The second kappa shape index (κ2) is 2.88. The lowest BCUT2D eigenvalue weighted by atomic mass is 9.92. The summed E-state index contributed by atoms with van der Waals surface area (Å²) < 4.78 is 0. The SMILES string of the molecule is CC1=C([C@@H]2CC2(C)C)C(Cl)=CCC1. The highest BCUT2D eigenvalue weighted by Crippen LogP contribution is 2.59. The van der Waals surface area contributed by atoms with Crippen LogP contribution in [0.1, 0.15) is 40.0 Å². The van der Waals surface area contributed by atoms with Crippen molar-refractivity contribution in [3.8, 4) is 0 Å². The highest BCUT2D eigenvalue weighted by Gasteiger charge is 2.48. The minimum Gasteiger partial charge on any atom is -0.0844 e. The normalized spacial score (nSPS) is 31.7. The highest BCUT2D eigenvalue weighted by molar-refractivity contribution is 6.32. The quantitative estimate of drug-likeness (QED) is 0.588. The molecule has 1 atom stereocenters. The lowest BCUT2D eigenvalue weighted by Crippen LogP contribution is -2.02. The molecule has 0 N–H and O–H groups in total. The van der Waals surface area contributed by atoms with Crippen molar-refractivity contribution in [1.29, 1.82) is 0 Å². The van der Waals surface area contributed by atoms with Crippen molar-refractivity contribution >= 4 is 11.6 Å². The van der Waals surface area contributed by atoms with E-state index in [4.69, 9.17) is 11.6 Å². The van der Waals surface area contributed by atoms with Gasteiger partial charge in [-0.25, -0.2) is 0 Å². The predicted molar refractivity (Wildman–Crippen MR) is 57.8 cm³/mol. The lowest BCUT2D eigenvalue weighted by molar-refractivity contribution is 0.596. The molecular weight excluding hydrogens is 180 g/mol. The molecule has 2 rings (SSSR count). The Bertz CT molecular complexity index is 294. The molecule has 0 nitrogen and oxygen atoms in total. The number of halogens is 1. The van der Waals surface area contributed by atoms with Crippen molar-refractivity contribution < 1.29 is 0 Å². The van der Waals surface area contributed by atoms with Crippen LogP contribution >= 0.6 is 11.6 Å². The van der Waals surface area contributed by atoms with Gasteiger partial charge in [0.25, 0.3) is 0 Å². The molecule has 0 saturated heterocycles. The Labute approximate surface area is 85.7 Å². The van der Waals surface area contributed by atoms with E-state index < -0.39 is 0 Å². The molecule has 0 aromatic rings. The second-order valence-corrected chi connectivity index (χ2v) is 5.44. The Hall–Kier alpha value is -0.230. The zero-order valence-electron chi connectivity index (χ0n) is 8.65. The van der Waals surface area contributed by atoms with E-state index in [2.05, 4.69) is 26.8 Å². The molecule has 1 heteroatoms. The van der Waals surface area contributed by atoms with Gasteiger partial charge in [-0.1, -0.05) is 37.1 Å². The Kier molecular flexibility index (Phi) is 2.07. The largest absolute Gasteiger partial charge is 0.0844 e. The van der Waals surface area contributed by atoms with Crippen LogP contribution in [0.15, 0.2) is 22.3 Å². The van der Waals surface area contributed by atoms with Crippen molar-refractivity contribution in [2.75, 3.05) is 0 Å². The number of rotatable bonds is 1. The third-order valence-electron chi connectivity index (χ3n) is 3.42. The highest BCUT2D eigenvalue weighted by atomic mass is 35.5. The zero-order valence-corrected chi connectivity index (χ0v) is 9.41. The van der Waals surface area contributed by atoms with Crippen molar-refractivity contribution in [2.45, 2.75) is 40.0 Å². The second-order valence-electron chi connectivity index (χ2n) is 5.03. The van der Waals surface area contributed by atoms with Crippen molar-refractivity contribution in [2.24, 2.45) is 11.3 Å². The lowest BCUT2D eigenvalue weighted by Gasteiger charge is -2.17. The third-order valence-corrected chi connectivity index (χ3v) is 3.78. The summed E-state index contributed by atoms with van der Waals surface area (Å²) in [5, 5.41) is 1.03. The smallest absolute Gasteiger partial charge is 0.0400 e. The average molecular weight is 197 g/mol. The van der Waals surface area contributed by atoms with Crippen LogP contribution < -0.4 is 0 Å². The summed E-state index contributed by atoms with van der Waals surface area (Å²) >= 11 is 6.24. The summed E-state index contributed by atoms with van der Waals surface area (Å²) in [6.45, 7) is 6.90. The fourth-order valence-electron chi connectivity index (χ4n) is 2.29. The monoisotopic (exact) mass is 196 g/mol. The molecule has 72 valence electrons. The van der Waals surface area contributed by atoms with E-state index in [0.717, 1.165) is 17.4 Å². The predicted octanol–water partition coefficient (Wildman–Crippen LogP) is 4.27. The van der Waals surface area contributed by atoms with Crippen LogP contribution in [0.3, 0.4) is 0 Å². The minimum atomic E-state index is 0.502. The molecule has 13 heavy (non-hydrogen) atoms. The van der Waals surface area contributed by atoms with Gasteiger partial charge in [0, 0.05) is 5.03 Å². The van der Waals surface area contributed by atoms with E-state index >= 15 is 0 Å². The first kappa shape index (κ1) is 9.33. The van der Waals surface area contributed by atoms with Gasteiger partial charge in [-0.05, 0) is 43.1 Å². The maximum absolute atomic E-state index is 6.24. The Morgan fingerprint density at radius 2 is 2.08 bits per heavy atom. The van der Waals surface area contributed by atoms with Crippen LogP contribution in [-0.2, 0) is 0 Å². The maximum Gasteiger partial charge on any atom is 0.0400 e. The molecule has 0 aromatic heterocycles. The van der Waals surface area contributed by atoms with Gasteiger partial charge in [0.15, 0.2) is 0 Å². The van der Waals surface area contributed by atoms with E-state index in [1.54, 1.807) is 0 Å². The molecule has 0 radical (unpaired) electrons. The molecule has 0 heterocycles. The molecule has 0 amide bonds. The van der Waals surface area contributed by atoms with Gasteiger partial charge >= 0.3 is 0 Å². The summed E-state index contributed by atoms with van der Waals surface area (Å²) in [5.41, 5.74) is 3.48. The molecule has 0 unspecified atom stereocenters.